The van der Waals surface area contributed by atoms with Gasteiger partial charge in [-0.15, -0.1) is 0 Å². The molecule has 0 saturated heterocycles. The van der Waals surface area contributed by atoms with E-state index in [2.05, 4.69) is 43.0 Å². The number of benzene rings is 2. The van der Waals surface area contributed by atoms with E-state index in [1.807, 2.05) is 18.2 Å². The normalized spacial score (nSPS) is 10.6. The van der Waals surface area contributed by atoms with E-state index < -0.39 is 0 Å². The van der Waals surface area contributed by atoms with E-state index >= 15 is 0 Å². The molecule has 2 aromatic rings. The van der Waals surface area contributed by atoms with Crippen LogP contribution >= 0.6 is 11.6 Å². The molecular weight excluding hydrogens is 268 g/mol. The minimum atomic E-state index is 0.525. The highest BCUT2D eigenvalue weighted by atomic mass is 35.5. The number of halogens is 1. The maximum atomic E-state index is 6.14. The molecule has 2 nitrogen and oxygen atoms in total. The average molecular weight is 289 g/mol. The van der Waals surface area contributed by atoms with Crippen molar-refractivity contribution in [1.29, 1.82) is 0 Å². The van der Waals surface area contributed by atoms with Gasteiger partial charge in [0.15, 0.2) is 0 Å². The number of aryl methyl sites for hydroxylation is 1. The van der Waals surface area contributed by atoms with Crippen LogP contribution in [-0.4, -0.2) is 6.54 Å². The Morgan fingerprint density at radius 2 is 1.85 bits per heavy atom. The number of hydrogen-bond donors (Lipinski definition) is 1. The van der Waals surface area contributed by atoms with E-state index in [4.69, 9.17) is 17.3 Å². The van der Waals surface area contributed by atoms with Gasteiger partial charge in [-0.3, -0.25) is 0 Å². The van der Waals surface area contributed by atoms with Crippen molar-refractivity contribution in [2.45, 2.75) is 26.9 Å². The van der Waals surface area contributed by atoms with E-state index in [9.17, 15) is 0 Å². The van der Waals surface area contributed by atoms with Crippen LogP contribution < -0.4 is 10.6 Å². The van der Waals surface area contributed by atoms with E-state index in [1.54, 1.807) is 0 Å². The molecule has 2 N–H and O–H groups in total. The quantitative estimate of drug-likeness (QED) is 0.896. The Bertz CT molecular complexity index is 581. The van der Waals surface area contributed by atoms with Crippen LogP contribution in [0.2, 0.25) is 5.02 Å². The molecule has 2 rings (SSSR count). The summed E-state index contributed by atoms with van der Waals surface area (Å²) in [6, 6.07) is 14.4. The highest BCUT2D eigenvalue weighted by molar-refractivity contribution is 6.30. The predicted molar refractivity (Wildman–Crippen MR) is 87.2 cm³/mol. The van der Waals surface area contributed by atoms with Gasteiger partial charge in [-0.2, -0.15) is 0 Å². The molecule has 0 aliphatic heterocycles. The van der Waals surface area contributed by atoms with Crippen molar-refractivity contribution in [2.75, 3.05) is 11.4 Å². The zero-order chi connectivity index (χ0) is 14.5. The van der Waals surface area contributed by atoms with Crippen LogP contribution in [0.25, 0.3) is 0 Å². The summed E-state index contributed by atoms with van der Waals surface area (Å²) in [5.74, 6) is 0. The molecule has 0 atom stereocenters. The van der Waals surface area contributed by atoms with Crippen molar-refractivity contribution in [1.82, 2.24) is 0 Å². The Morgan fingerprint density at radius 1 is 1.10 bits per heavy atom. The zero-order valence-electron chi connectivity index (χ0n) is 12.1. The van der Waals surface area contributed by atoms with Crippen molar-refractivity contribution in [2.24, 2.45) is 5.73 Å². The molecule has 3 heteroatoms. The van der Waals surface area contributed by atoms with Crippen molar-refractivity contribution < 1.29 is 0 Å². The van der Waals surface area contributed by atoms with Gasteiger partial charge < -0.3 is 10.6 Å². The molecule has 0 aliphatic carbocycles. The molecule has 106 valence electrons. The smallest absolute Gasteiger partial charge is 0.0432 e. The number of rotatable bonds is 5. The maximum absolute atomic E-state index is 6.14. The summed E-state index contributed by atoms with van der Waals surface area (Å²) in [6.07, 6.45) is 0. The second kappa shape index (κ2) is 6.78. The van der Waals surface area contributed by atoms with Crippen LogP contribution in [0.15, 0.2) is 42.5 Å². The summed E-state index contributed by atoms with van der Waals surface area (Å²) in [7, 11) is 0. The van der Waals surface area contributed by atoms with Crippen molar-refractivity contribution in [3.63, 3.8) is 0 Å². The molecule has 0 unspecified atom stereocenters. The predicted octanol–water partition coefficient (Wildman–Crippen LogP) is 4.13. The lowest BCUT2D eigenvalue weighted by Gasteiger charge is -2.26. The molecule has 0 heterocycles. The van der Waals surface area contributed by atoms with Gasteiger partial charge in [-0.05, 0) is 42.7 Å². The number of hydrogen-bond acceptors (Lipinski definition) is 2. The maximum Gasteiger partial charge on any atom is 0.0432 e. The Kier molecular flexibility index (Phi) is 5.05. The first-order valence-corrected chi connectivity index (χ1v) is 7.31. The third-order valence-corrected chi connectivity index (χ3v) is 3.85. The van der Waals surface area contributed by atoms with Gasteiger partial charge in [0.05, 0.1) is 0 Å². The topological polar surface area (TPSA) is 29.3 Å². The van der Waals surface area contributed by atoms with E-state index in [0.717, 1.165) is 29.4 Å². The number of anilines is 1. The monoisotopic (exact) mass is 288 g/mol. The summed E-state index contributed by atoms with van der Waals surface area (Å²) in [6.45, 7) is 6.61. The molecule has 0 amide bonds. The van der Waals surface area contributed by atoms with Gasteiger partial charge in [0, 0.05) is 30.3 Å². The first-order valence-electron chi connectivity index (χ1n) is 6.93. The Morgan fingerprint density at radius 3 is 2.50 bits per heavy atom. The molecule has 2 aromatic carbocycles. The van der Waals surface area contributed by atoms with Crippen LogP contribution in [0.4, 0.5) is 5.69 Å². The Balaban J connectivity index is 2.33. The van der Waals surface area contributed by atoms with E-state index in [0.29, 0.717) is 6.54 Å². The molecule has 20 heavy (non-hydrogen) atoms. The third kappa shape index (κ3) is 3.33. The number of nitrogens with zero attached hydrogens (tertiary/aromatic N) is 1. The molecule has 0 radical (unpaired) electrons. The van der Waals surface area contributed by atoms with Crippen LogP contribution in [0.3, 0.4) is 0 Å². The third-order valence-electron chi connectivity index (χ3n) is 3.61. The van der Waals surface area contributed by atoms with Crippen LogP contribution in [0.5, 0.6) is 0 Å². The molecule has 0 fully saturated rings. The van der Waals surface area contributed by atoms with E-state index in [-0.39, 0.29) is 0 Å². The molecule has 0 aliphatic rings. The fraction of sp³-hybridized carbons (Fsp3) is 0.294. The zero-order valence-corrected chi connectivity index (χ0v) is 12.8. The highest BCUT2D eigenvalue weighted by Crippen LogP contribution is 2.26. The first-order chi connectivity index (χ1) is 9.65. The Labute approximate surface area is 126 Å². The fourth-order valence-electron chi connectivity index (χ4n) is 2.36. The lowest BCUT2D eigenvalue weighted by molar-refractivity contribution is 0.817. The highest BCUT2D eigenvalue weighted by Gasteiger charge is 2.11. The van der Waals surface area contributed by atoms with Gasteiger partial charge in [0.25, 0.3) is 0 Å². The molecule has 0 saturated carbocycles. The van der Waals surface area contributed by atoms with Gasteiger partial charge in [-0.1, -0.05) is 41.9 Å². The lowest BCUT2D eigenvalue weighted by Crippen LogP contribution is -2.24. The van der Waals surface area contributed by atoms with Crippen LogP contribution in [-0.2, 0) is 13.1 Å². The largest absolute Gasteiger partial charge is 0.367 e. The lowest BCUT2D eigenvalue weighted by atomic mass is 10.1. The minimum Gasteiger partial charge on any atom is -0.367 e. The molecule has 0 bridgehead atoms. The fourth-order valence-corrected chi connectivity index (χ4v) is 2.53. The number of nitrogens with two attached hydrogens (primary N) is 1. The summed E-state index contributed by atoms with van der Waals surface area (Å²) in [5, 5.41) is 0.750. The van der Waals surface area contributed by atoms with Crippen molar-refractivity contribution in [3.8, 4) is 0 Å². The molecule has 0 aromatic heterocycles. The summed E-state index contributed by atoms with van der Waals surface area (Å²) in [5.41, 5.74) is 10.7. The summed E-state index contributed by atoms with van der Waals surface area (Å²) in [4.78, 5) is 2.32. The van der Waals surface area contributed by atoms with Gasteiger partial charge in [-0.25, -0.2) is 0 Å². The van der Waals surface area contributed by atoms with E-state index in [1.165, 1.54) is 11.1 Å². The van der Waals surface area contributed by atoms with Crippen molar-refractivity contribution >= 4 is 17.3 Å². The molecular formula is C17H21ClN2. The standard InChI is InChI=1S/C17H21ClN2/c1-3-20(12-15-7-5-4-6-13(15)2)17-10-16(18)9-8-14(17)11-19/h4-10H,3,11-12,19H2,1-2H3. The summed E-state index contributed by atoms with van der Waals surface area (Å²) >= 11 is 6.14. The SMILES string of the molecule is CCN(Cc1ccccc1C)c1cc(Cl)ccc1CN. The Hall–Kier alpha value is -1.51. The van der Waals surface area contributed by atoms with Crippen LogP contribution in [0, 0.1) is 6.92 Å². The van der Waals surface area contributed by atoms with Crippen LogP contribution in [0.1, 0.15) is 23.6 Å². The minimum absolute atomic E-state index is 0.525. The first kappa shape index (κ1) is 14.9. The van der Waals surface area contributed by atoms with Crippen molar-refractivity contribution in [3.05, 3.63) is 64.2 Å². The van der Waals surface area contributed by atoms with Gasteiger partial charge >= 0.3 is 0 Å². The molecule has 0 spiro atoms. The van der Waals surface area contributed by atoms with Gasteiger partial charge in [0.1, 0.15) is 0 Å². The second-order valence-electron chi connectivity index (χ2n) is 4.92. The second-order valence-corrected chi connectivity index (χ2v) is 5.35. The summed E-state index contributed by atoms with van der Waals surface area (Å²) < 4.78 is 0. The van der Waals surface area contributed by atoms with Gasteiger partial charge in [0.2, 0.25) is 0 Å². The average Bonchev–Trinajstić information content (AvgIpc) is 2.46.